The minimum Gasteiger partial charge on any atom is -0.495 e. The number of nitrogens with zero attached hydrogens (tertiary/aromatic N) is 2. The van der Waals surface area contributed by atoms with E-state index in [1.165, 1.54) is 13.2 Å². The van der Waals surface area contributed by atoms with Gasteiger partial charge in [-0.2, -0.15) is 16.3 Å². The van der Waals surface area contributed by atoms with Crippen LogP contribution in [0.5, 0.6) is 5.75 Å². The average molecular weight is 406 g/mol. The third-order valence-corrected chi connectivity index (χ3v) is 6.26. The summed E-state index contributed by atoms with van der Waals surface area (Å²) in [4.78, 5) is 4.52. The van der Waals surface area contributed by atoms with E-state index in [2.05, 4.69) is 20.2 Å². The smallest absolute Gasteiger partial charge is 0.246 e. The van der Waals surface area contributed by atoms with Crippen LogP contribution in [0.1, 0.15) is 18.7 Å². The summed E-state index contributed by atoms with van der Waals surface area (Å²) in [5.41, 5.74) is 1.43. The molecule has 142 valence electrons. The molecule has 8 nitrogen and oxygen atoms in total. The molecule has 4 rings (SSSR count). The zero-order valence-electron chi connectivity index (χ0n) is 14.5. The van der Waals surface area contributed by atoms with Crippen LogP contribution < -0.4 is 14.8 Å². The summed E-state index contributed by atoms with van der Waals surface area (Å²) in [5, 5.41) is 10.9. The highest BCUT2D eigenvalue weighted by Crippen LogP contribution is 2.29. The number of ether oxygens (including phenoxy) is 1. The molecule has 1 saturated carbocycles. The number of sulfonamides is 1. The van der Waals surface area contributed by atoms with Crippen LogP contribution in [0.3, 0.4) is 0 Å². The maximum absolute atomic E-state index is 12.4. The summed E-state index contributed by atoms with van der Waals surface area (Å²) in [7, 11) is -2.02. The number of anilines is 1. The average Bonchev–Trinajstić information content (AvgIpc) is 3.14. The summed E-state index contributed by atoms with van der Waals surface area (Å²) in [6.07, 6.45) is 1.76. The lowest BCUT2D eigenvalue weighted by Gasteiger charge is -2.12. The second-order valence-electron chi connectivity index (χ2n) is 6.13. The quantitative estimate of drug-likeness (QED) is 0.592. The van der Waals surface area contributed by atoms with Crippen LogP contribution >= 0.6 is 11.3 Å². The molecule has 10 heteroatoms. The van der Waals surface area contributed by atoms with Crippen molar-refractivity contribution in [3.63, 3.8) is 0 Å². The molecule has 0 unspecified atom stereocenters. The summed E-state index contributed by atoms with van der Waals surface area (Å²) in [6, 6.07) is 6.64. The first-order valence-electron chi connectivity index (χ1n) is 8.34. The predicted octanol–water partition coefficient (Wildman–Crippen LogP) is 2.86. The zero-order valence-corrected chi connectivity index (χ0v) is 16.1. The Kier molecular flexibility index (Phi) is 4.85. The van der Waals surface area contributed by atoms with Crippen molar-refractivity contribution in [2.45, 2.75) is 30.3 Å². The molecule has 1 aliphatic carbocycles. The second-order valence-corrected chi connectivity index (χ2v) is 8.63. The van der Waals surface area contributed by atoms with Gasteiger partial charge in [0.1, 0.15) is 5.75 Å². The first-order valence-corrected chi connectivity index (χ1v) is 10.8. The van der Waals surface area contributed by atoms with E-state index < -0.39 is 10.0 Å². The fourth-order valence-corrected chi connectivity index (χ4v) is 4.45. The molecule has 0 amide bonds. The van der Waals surface area contributed by atoms with E-state index in [9.17, 15) is 8.42 Å². The molecule has 2 N–H and O–H groups in total. The minimum atomic E-state index is -3.55. The molecule has 2 aromatic heterocycles. The van der Waals surface area contributed by atoms with Crippen LogP contribution in [0.2, 0.25) is 0 Å². The van der Waals surface area contributed by atoms with E-state index in [-0.39, 0.29) is 17.5 Å². The topological polar surface area (TPSA) is 106 Å². The molecular formula is C17H18N4O4S2. The highest BCUT2D eigenvalue weighted by atomic mass is 32.2. The van der Waals surface area contributed by atoms with Gasteiger partial charge in [-0.05, 0) is 42.5 Å². The highest BCUT2D eigenvalue weighted by Gasteiger charge is 2.28. The SMILES string of the molecule is COc1ccc(S(=O)(=O)NC2CC2)cc1NCc1nc(-c2ccsc2)no1. The van der Waals surface area contributed by atoms with Crippen molar-refractivity contribution >= 4 is 27.0 Å². The van der Waals surface area contributed by atoms with Crippen molar-refractivity contribution in [2.75, 3.05) is 12.4 Å². The molecule has 1 aliphatic rings. The third-order valence-electron chi connectivity index (χ3n) is 4.06. The van der Waals surface area contributed by atoms with Gasteiger partial charge in [0.2, 0.25) is 21.7 Å². The number of nitrogens with one attached hydrogen (secondary N) is 2. The molecule has 0 saturated heterocycles. The molecule has 1 aromatic carbocycles. The molecule has 0 radical (unpaired) electrons. The van der Waals surface area contributed by atoms with Crippen LogP contribution in [-0.4, -0.2) is 31.7 Å². The first-order chi connectivity index (χ1) is 13.0. The van der Waals surface area contributed by atoms with E-state index in [0.717, 1.165) is 18.4 Å². The van der Waals surface area contributed by atoms with Crippen molar-refractivity contribution in [3.8, 4) is 17.1 Å². The minimum absolute atomic E-state index is 0.0439. The number of aromatic nitrogens is 2. The number of hydrogen-bond acceptors (Lipinski definition) is 8. The molecule has 0 atom stereocenters. The maximum Gasteiger partial charge on any atom is 0.246 e. The molecule has 3 aromatic rings. The molecule has 1 fully saturated rings. The van der Waals surface area contributed by atoms with E-state index in [4.69, 9.17) is 9.26 Å². The zero-order chi connectivity index (χ0) is 18.9. The van der Waals surface area contributed by atoms with Gasteiger partial charge in [-0.15, -0.1) is 0 Å². The lowest BCUT2D eigenvalue weighted by molar-refractivity contribution is 0.383. The Balaban J connectivity index is 1.51. The Morgan fingerprint density at radius 3 is 2.89 bits per heavy atom. The van der Waals surface area contributed by atoms with Crippen LogP contribution in [0, 0.1) is 0 Å². The Morgan fingerprint density at radius 2 is 2.19 bits per heavy atom. The summed E-state index contributed by atoms with van der Waals surface area (Å²) in [6.45, 7) is 0.243. The summed E-state index contributed by atoms with van der Waals surface area (Å²) in [5.74, 6) is 1.44. The van der Waals surface area contributed by atoms with E-state index in [1.54, 1.807) is 23.5 Å². The molecule has 0 aliphatic heterocycles. The van der Waals surface area contributed by atoms with Crippen molar-refractivity contribution < 1.29 is 17.7 Å². The molecule has 0 spiro atoms. The third kappa shape index (κ3) is 4.12. The van der Waals surface area contributed by atoms with Crippen LogP contribution in [-0.2, 0) is 16.6 Å². The lowest BCUT2D eigenvalue weighted by atomic mass is 10.3. The van der Waals surface area contributed by atoms with Gasteiger partial charge < -0.3 is 14.6 Å². The number of methoxy groups -OCH3 is 1. The normalized spacial score (nSPS) is 14.3. The molecule has 0 bridgehead atoms. The monoisotopic (exact) mass is 406 g/mol. The van der Waals surface area contributed by atoms with Gasteiger partial charge >= 0.3 is 0 Å². The van der Waals surface area contributed by atoms with Crippen LogP contribution in [0.25, 0.3) is 11.4 Å². The van der Waals surface area contributed by atoms with Gasteiger partial charge in [-0.1, -0.05) is 5.16 Å². The lowest BCUT2D eigenvalue weighted by Crippen LogP contribution is -2.25. The fraction of sp³-hybridized carbons (Fsp3) is 0.294. The first kappa shape index (κ1) is 18.0. The summed E-state index contributed by atoms with van der Waals surface area (Å²) < 4.78 is 38.1. The number of hydrogen-bond donors (Lipinski definition) is 2. The highest BCUT2D eigenvalue weighted by molar-refractivity contribution is 7.89. The molecule has 27 heavy (non-hydrogen) atoms. The summed E-state index contributed by atoms with van der Waals surface area (Å²) >= 11 is 1.55. The predicted molar refractivity (Wildman–Crippen MR) is 101 cm³/mol. The number of thiophene rings is 1. The maximum atomic E-state index is 12.4. The second kappa shape index (κ2) is 7.29. The molecular weight excluding hydrogens is 388 g/mol. The van der Waals surface area contributed by atoms with Gasteiger partial charge in [0, 0.05) is 17.0 Å². The largest absolute Gasteiger partial charge is 0.495 e. The van der Waals surface area contributed by atoms with Gasteiger partial charge in [0.05, 0.1) is 24.2 Å². The van der Waals surface area contributed by atoms with E-state index in [1.807, 2.05) is 16.8 Å². The van der Waals surface area contributed by atoms with Crippen molar-refractivity contribution in [1.82, 2.24) is 14.9 Å². The Labute approximate surface area is 160 Å². The van der Waals surface area contributed by atoms with E-state index in [0.29, 0.717) is 23.2 Å². The number of rotatable bonds is 8. The van der Waals surface area contributed by atoms with Crippen LogP contribution in [0.4, 0.5) is 5.69 Å². The standard InChI is InChI=1S/C17H18N4O4S2/c1-24-15-5-4-13(27(22,23)21-12-2-3-12)8-14(15)18-9-16-19-17(20-25-16)11-6-7-26-10-11/h4-8,10,12,18,21H,2-3,9H2,1H3. The van der Waals surface area contributed by atoms with Crippen molar-refractivity contribution in [2.24, 2.45) is 0 Å². The van der Waals surface area contributed by atoms with Gasteiger partial charge in [-0.3, -0.25) is 0 Å². The Morgan fingerprint density at radius 1 is 1.33 bits per heavy atom. The Bertz CT molecular complexity index is 1030. The van der Waals surface area contributed by atoms with Gasteiger partial charge in [0.25, 0.3) is 0 Å². The number of benzene rings is 1. The van der Waals surface area contributed by atoms with Gasteiger partial charge in [-0.25, -0.2) is 13.1 Å². The Hall–Kier alpha value is -2.43. The fourth-order valence-electron chi connectivity index (χ4n) is 2.49. The van der Waals surface area contributed by atoms with Crippen molar-refractivity contribution in [3.05, 3.63) is 40.9 Å². The van der Waals surface area contributed by atoms with Crippen molar-refractivity contribution in [1.29, 1.82) is 0 Å². The van der Waals surface area contributed by atoms with Gasteiger partial charge in [0.15, 0.2) is 0 Å². The van der Waals surface area contributed by atoms with E-state index >= 15 is 0 Å². The van der Waals surface area contributed by atoms with Crippen LogP contribution in [0.15, 0.2) is 44.4 Å². The molecule has 2 heterocycles.